The average molecular weight is 419 g/mol. The number of carbonyl (C=O) groups excluding carboxylic acids is 1. The Bertz CT molecular complexity index is 875. The van der Waals surface area contributed by atoms with E-state index in [9.17, 15) is 19.8 Å². The first kappa shape index (κ1) is 21.6. The summed E-state index contributed by atoms with van der Waals surface area (Å²) in [5.74, 6) is -1.92. The number of amides is 1. The molecule has 1 fully saturated rings. The van der Waals surface area contributed by atoms with Crippen molar-refractivity contribution in [1.82, 2.24) is 9.91 Å². The van der Waals surface area contributed by atoms with Crippen LogP contribution in [0.1, 0.15) is 35.7 Å². The fourth-order valence-electron chi connectivity index (χ4n) is 3.27. The summed E-state index contributed by atoms with van der Waals surface area (Å²) < 4.78 is 5.70. The molecule has 0 bridgehead atoms. The number of allylic oxidation sites excluding steroid dienone is 1. The van der Waals surface area contributed by atoms with Gasteiger partial charge < -0.3 is 30.1 Å². The largest absolute Gasteiger partial charge is 0.507 e. The molecule has 10 nitrogen and oxygen atoms in total. The third-order valence-corrected chi connectivity index (χ3v) is 4.89. The summed E-state index contributed by atoms with van der Waals surface area (Å²) in [6, 6.07) is 2.92. The number of aliphatic hydroxyl groups excluding tert-OH is 1. The minimum absolute atomic E-state index is 0.00424. The third-order valence-electron chi connectivity index (χ3n) is 4.89. The van der Waals surface area contributed by atoms with Crippen molar-refractivity contribution in [1.29, 1.82) is 0 Å². The predicted molar refractivity (Wildman–Crippen MR) is 106 cm³/mol. The fourth-order valence-corrected chi connectivity index (χ4v) is 3.27. The van der Waals surface area contributed by atoms with Gasteiger partial charge in [0.1, 0.15) is 29.7 Å². The minimum atomic E-state index is -1.55. The predicted octanol–water partition coefficient (Wildman–Crippen LogP) is 0.519. The summed E-state index contributed by atoms with van der Waals surface area (Å²) in [6.07, 6.45) is 2.58. The zero-order valence-corrected chi connectivity index (χ0v) is 16.6. The summed E-state index contributed by atoms with van der Waals surface area (Å²) in [6.45, 7) is 2.61. The van der Waals surface area contributed by atoms with E-state index >= 15 is 0 Å². The van der Waals surface area contributed by atoms with Gasteiger partial charge in [-0.2, -0.15) is 5.10 Å². The first-order valence-corrected chi connectivity index (χ1v) is 9.60. The Morgan fingerprint density at radius 2 is 2.03 bits per heavy atom. The van der Waals surface area contributed by atoms with Crippen LogP contribution in [0.2, 0.25) is 0 Å². The van der Waals surface area contributed by atoms with E-state index in [1.165, 1.54) is 12.1 Å². The smallest absolute Gasteiger partial charge is 0.343 e. The average Bonchev–Trinajstić information content (AvgIpc) is 2.62. The standard InChI is InChI=1S/C20H25N3O7/c1-12-3-2-8-23(21-12)11-16(24)22-9-14(10-22)30-15-6-4-13(5-7-17(25)26)19(27)18(15)20(28)29/h2,4,6,8,14,17,25-27H,3,5,7,9-11H2,1H3,(H,28,29). The molecule has 1 aromatic rings. The van der Waals surface area contributed by atoms with Crippen molar-refractivity contribution < 1.29 is 34.8 Å². The van der Waals surface area contributed by atoms with Crippen LogP contribution in [0.3, 0.4) is 0 Å². The monoisotopic (exact) mass is 419 g/mol. The molecule has 0 aliphatic carbocycles. The van der Waals surface area contributed by atoms with Gasteiger partial charge in [0, 0.05) is 24.8 Å². The van der Waals surface area contributed by atoms with E-state index < -0.39 is 24.1 Å². The second kappa shape index (κ2) is 9.14. The molecule has 0 aromatic heterocycles. The Labute approximate surface area is 173 Å². The molecular weight excluding hydrogens is 394 g/mol. The van der Waals surface area contributed by atoms with Crippen LogP contribution in [-0.2, 0) is 11.2 Å². The molecule has 4 N–H and O–H groups in total. The van der Waals surface area contributed by atoms with Gasteiger partial charge in [0.2, 0.25) is 5.91 Å². The van der Waals surface area contributed by atoms with Crippen LogP contribution in [0.15, 0.2) is 29.5 Å². The molecule has 162 valence electrons. The van der Waals surface area contributed by atoms with E-state index in [1.807, 2.05) is 13.0 Å². The van der Waals surface area contributed by atoms with Crippen molar-refractivity contribution >= 4 is 17.6 Å². The minimum Gasteiger partial charge on any atom is -0.507 e. The van der Waals surface area contributed by atoms with Crippen molar-refractivity contribution in [3.8, 4) is 11.5 Å². The number of aliphatic hydroxyl groups is 2. The molecule has 3 rings (SSSR count). The number of ether oxygens (including phenoxy) is 1. The normalized spacial score (nSPS) is 16.5. The number of nitrogens with zero attached hydrogens (tertiary/aromatic N) is 3. The zero-order valence-electron chi connectivity index (χ0n) is 16.6. The van der Waals surface area contributed by atoms with Crippen molar-refractivity contribution in [2.45, 2.75) is 38.6 Å². The summed E-state index contributed by atoms with van der Waals surface area (Å²) in [4.78, 5) is 25.6. The van der Waals surface area contributed by atoms with Crippen LogP contribution in [-0.4, -0.2) is 80.0 Å². The molecule has 0 radical (unpaired) electrons. The quantitative estimate of drug-likeness (QED) is 0.447. The number of rotatable bonds is 8. The fraction of sp³-hybridized carbons (Fsp3) is 0.450. The lowest BCUT2D eigenvalue weighted by molar-refractivity contribution is -0.140. The van der Waals surface area contributed by atoms with Gasteiger partial charge >= 0.3 is 5.97 Å². The lowest BCUT2D eigenvalue weighted by Gasteiger charge is -2.39. The van der Waals surface area contributed by atoms with Crippen molar-refractivity contribution in [2.75, 3.05) is 19.6 Å². The molecule has 0 spiro atoms. The van der Waals surface area contributed by atoms with Crippen molar-refractivity contribution in [3.05, 3.63) is 35.5 Å². The van der Waals surface area contributed by atoms with Gasteiger partial charge in [0.05, 0.1) is 13.1 Å². The zero-order chi connectivity index (χ0) is 21.8. The number of hydrogen-bond acceptors (Lipinski definition) is 8. The highest BCUT2D eigenvalue weighted by Gasteiger charge is 2.34. The van der Waals surface area contributed by atoms with Gasteiger partial charge in [0.25, 0.3) is 0 Å². The van der Waals surface area contributed by atoms with Crippen LogP contribution in [0.4, 0.5) is 0 Å². The number of hydrogen-bond donors (Lipinski definition) is 4. The highest BCUT2D eigenvalue weighted by molar-refractivity contribution is 5.94. The Morgan fingerprint density at radius 1 is 1.30 bits per heavy atom. The summed E-state index contributed by atoms with van der Waals surface area (Å²) in [5, 5.41) is 43.6. The topological polar surface area (TPSA) is 143 Å². The van der Waals surface area contributed by atoms with E-state index in [0.29, 0.717) is 13.1 Å². The number of aromatic hydroxyl groups is 1. The molecule has 2 heterocycles. The second-order valence-electron chi connectivity index (χ2n) is 7.33. The molecule has 0 saturated carbocycles. The summed E-state index contributed by atoms with van der Waals surface area (Å²) in [5.41, 5.74) is 0.824. The van der Waals surface area contributed by atoms with E-state index in [2.05, 4.69) is 5.10 Å². The number of carboxylic acids is 1. The molecular formula is C20H25N3O7. The Hall–Kier alpha value is -3.11. The molecule has 2 aliphatic rings. The first-order valence-electron chi connectivity index (χ1n) is 9.60. The van der Waals surface area contributed by atoms with Crippen molar-refractivity contribution in [2.24, 2.45) is 5.10 Å². The molecule has 0 atom stereocenters. The number of aromatic carboxylic acids is 1. The lowest BCUT2D eigenvalue weighted by atomic mass is 10.0. The van der Waals surface area contributed by atoms with E-state index in [1.54, 1.807) is 16.1 Å². The van der Waals surface area contributed by atoms with Crippen LogP contribution in [0.25, 0.3) is 0 Å². The Kier molecular flexibility index (Phi) is 6.58. The molecule has 1 aromatic carbocycles. The summed E-state index contributed by atoms with van der Waals surface area (Å²) >= 11 is 0. The van der Waals surface area contributed by atoms with Gasteiger partial charge in [-0.15, -0.1) is 0 Å². The number of phenols is 1. The molecule has 2 aliphatic heterocycles. The maximum absolute atomic E-state index is 12.3. The molecule has 0 unspecified atom stereocenters. The van der Waals surface area contributed by atoms with Crippen molar-refractivity contribution in [3.63, 3.8) is 0 Å². The SMILES string of the molecule is CC1=NN(CC(=O)N2CC(Oc3ccc(CCC(O)O)c(O)c3C(=O)O)C2)C=CC1. The molecule has 1 saturated heterocycles. The molecule has 1 amide bonds. The maximum Gasteiger partial charge on any atom is 0.343 e. The maximum atomic E-state index is 12.3. The van der Waals surface area contributed by atoms with Gasteiger partial charge in [0.15, 0.2) is 6.29 Å². The number of aryl methyl sites for hydroxylation is 1. The van der Waals surface area contributed by atoms with Crippen LogP contribution >= 0.6 is 0 Å². The Balaban J connectivity index is 1.59. The number of hydrazone groups is 1. The highest BCUT2D eigenvalue weighted by atomic mass is 16.5. The van der Waals surface area contributed by atoms with Crippen LogP contribution in [0, 0.1) is 0 Å². The van der Waals surface area contributed by atoms with Gasteiger partial charge in [-0.25, -0.2) is 4.79 Å². The Morgan fingerprint density at radius 3 is 2.67 bits per heavy atom. The lowest BCUT2D eigenvalue weighted by Crippen LogP contribution is -2.57. The van der Waals surface area contributed by atoms with Gasteiger partial charge in [-0.05, 0) is 25.0 Å². The number of benzene rings is 1. The second-order valence-corrected chi connectivity index (χ2v) is 7.33. The number of carbonyl (C=O) groups is 2. The van der Waals surface area contributed by atoms with Gasteiger partial charge in [-0.1, -0.05) is 12.1 Å². The number of likely N-dealkylation sites (tertiary alicyclic amines) is 1. The van der Waals surface area contributed by atoms with Gasteiger partial charge in [-0.3, -0.25) is 9.80 Å². The number of carboxylic acid groups (broad SMARTS) is 1. The van der Waals surface area contributed by atoms with E-state index in [-0.39, 0.29) is 42.2 Å². The highest BCUT2D eigenvalue weighted by Crippen LogP contribution is 2.34. The van der Waals surface area contributed by atoms with E-state index in [0.717, 1.165) is 12.1 Å². The van der Waals surface area contributed by atoms with Crippen LogP contribution < -0.4 is 4.74 Å². The summed E-state index contributed by atoms with van der Waals surface area (Å²) in [7, 11) is 0. The van der Waals surface area contributed by atoms with E-state index in [4.69, 9.17) is 14.9 Å². The molecule has 30 heavy (non-hydrogen) atoms. The third kappa shape index (κ3) is 5.08. The van der Waals surface area contributed by atoms with Crippen LogP contribution in [0.5, 0.6) is 11.5 Å². The molecule has 10 heteroatoms. The first-order chi connectivity index (χ1) is 14.2.